The van der Waals surface area contributed by atoms with Gasteiger partial charge in [0, 0.05) is 29.9 Å². The minimum atomic E-state index is -0.0817. The van der Waals surface area contributed by atoms with Crippen molar-refractivity contribution in [2.75, 3.05) is 0 Å². The van der Waals surface area contributed by atoms with E-state index in [-0.39, 0.29) is 17.9 Å². The average Bonchev–Trinajstić information content (AvgIpc) is 2.64. The van der Waals surface area contributed by atoms with Crippen molar-refractivity contribution in [3.63, 3.8) is 0 Å². The van der Waals surface area contributed by atoms with Crippen LogP contribution in [0.4, 0.5) is 0 Å². The van der Waals surface area contributed by atoms with E-state index in [1.807, 2.05) is 43.3 Å². The molecule has 120 valence electrons. The van der Waals surface area contributed by atoms with Crippen LogP contribution in [0, 0.1) is 0 Å². The molecule has 3 aromatic rings. The highest BCUT2D eigenvalue weighted by atomic mass is 16.1. The van der Waals surface area contributed by atoms with Crippen molar-refractivity contribution in [1.82, 2.24) is 10.3 Å². The van der Waals surface area contributed by atoms with Gasteiger partial charge in [-0.1, -0.05) is 60.7 Å². The van der Waals surface area contributed by atoms with Crippen molar-refractivity contribution in [2.45, 2.75) is 18.9 Å². The van der Waals surface area contributed by atoms with Crippen LogP contribution in [-0.2, 0) is 0 Å². The summed E-state index contributed by atoms with van der Waals surface area (Å²) in [5, 5.41) is 3.13. The van der Waals surface area contributed by atoms with Crippen LogP contribution in [0.2, 0.25) is 0 Å². The fourth-order valence-corrected chi connectivity index (χ4v) is 2.97. The molecule has 0 radical (unpaired) electrons. The number of aromatic nitrogens is 1. The van der Waals surface area contributed by atoms with Gasteiger partial charge in [0.1, 0.15) is 0 Å². The fraction of sp³-hybridized carbons (Fsp3) is 0.143. The third kappa shape index (κ3) is 3.69. The Morgan fingerprint density at radius 3 is 1.83 bits per heavy atom. The maximum absolute atomic E-state index is 12.5. The van der Waals surface area contributed by atoms with Crippen LogP contribution < -0.4 is 5.32 Å². The number of nitrogens with one attached hydrogen (secondary N) is 1. The molecule has 1 heterocycles. The lowest BCUT2D eigenvalue weighted by atomic mass is 9.85. The quantitative estimate of drug-likeness (QED) is 0.772. The second-order valence-corrected chi connectivity index (χ2v) is 5.80. The number of amides is 1. The molecule has 3 heteroatoms. The molecule has 0 fully saturated rings. The van der Waals surface area contributed by atoms with Gasteiger partial charge in [0.05, 0.1) is 0 Å². The van der Waals surface area contributed by atoms with Gasteiger partial charge in [-0.3, -0.25) is 9.78 Å². The van der Waals surface area contributed by atoms with Gasteiger partial charge in [-0.15, -0.1) is 0 Å². The minimum Gasteiger partial charge on any atom is -0.349 e. The maximum atomic E-state index is 12.5. The first-order valence-corrected chi connectivity index (χ1v) is 8.06. The minimum absolute atomic E-state index is 0.0459. The fourth-order valence-electron chi connectivity index (χ4n) is 2.97. The predicted molar refractivity (Wildman–Crippen MR) is 95.9 cm³/mol. The van der Waals surface area contributed by atoms with Crippen molar-refractivity contribution in [2.24, 2.45) is 0 Å². The molecule has 1 N–H and O–H groups in total. The molecule has 1 aromatic heterocycles. The molecule has 2 aromatic carbocycles. The van der Waals surface area contributed by atoms with E-state index in [0.717, 1.165) is 0 Å². The smallest absolute Gasteiger partial charge is 0.251 e. The molecule has 1 amide bonds. The number of nitrogens with zero attached hydrogens (tertiary/aromatic N) is 1. The monoisotopic (exact) mass is 316 g/mol. The highest BCUT2D eigenvalue weighted by Gasteiger charge is 2.23. The second-order valence-electron chi connectivity index (χ2n) is 5.80. The summed E-state index contributed by atoms with van der Waals surface area (Å²) in [6, 6.07) is 24.0. The molecule has 24 heavy (non-hydrogen) atoms. The normalized spacial score (nSPS) is 11.9. The molecule has 3 rings (SSSR count). The first kappa shape index (κ1) is 15.9. The third-order valence-corrected chi connectivity index (χ3v) is 4.12. The Kier molecular flexibility index (Phi) is 5.02. The van der Waals surface area contributed by atoms with Gasteiger partial charge in [-0.05, 0) is 30.2 Å². The highest BCUT2D eigenvalue weighted by Crippen LogP contribution is 2.28. The van der Waals surface area contributed by atoms with Crippen molar-refractivity contribution in [3.8, 4) is 0 Å². The summed E-state index contributed by atoms with van der Waals surface area (Å²) >= 11 is 0. The Bertz CT molecular complexity index is 733. The Balaban J connectivity index is 1.87. The van der Waals surface area contributed by atoms with Gasteiger partial charge in [-0.2, -0.15) is 0 Å². The summed E-state index contributed by atoms with van der Waals surface area (Å²) in [6.45, 7) is 2.05. The molecule has 0 aliphatic carbocycles. The molecule has 0 spiro atoms. The van der Waals surface area contributed by atoms with Gasteiger partial charge in [0.15, 0.2) is 0 Å². The van der Waals surface area contributed by atoms with Crippen LogP contribution in [0.1, 0.15) is 34.3 Å². The van der Waals surface area contributed by atoms with Gasteiger partial charge >= 0.3 is 0 Å². The van der Waals surface area contributed by atoms with Crippen LogP contribution in [0.25, 0.3) is 0 Å². The van der Waals surface area contributed by atoms with E-state index in [2.05, 4.69) is 34.6 Å². The zero-order chi connectivity index (χ0) is 16.8. The van der Waals surface area contributed by atoms with Crippen LogP contribution in [0.15, 0.2) is 85.2 Å². The molecule has 0 bridgehead atoms. The standard InChI is InChI=1S/C21H20N2O/c1-16(23-21(24)19-12-14-22-15-13-19)20(17-8-4-2-5-9-17)18-10-6-3-7-11-18/h2-16,20H,1H3,(H,23,24). The van der Waals surface area contributed by atoms with Crippen molar-refractivity contribution < 1.29 is 4.79 Å². The van der Waals surface area contributed by atoms with Crippen LogP contribution >= 0.6 is 0 Å². The zero-order valence-electron chi connectivity index (χ0n) is 13.6. The van der Waals surface area contributed by atoms with E-state index in [1.54, 1.807) is 24.5 Å². The van der Waals surface area contributed by atoms with E-state index in [4.69, 9.17) is 0 Å². The molecule has 0 saturated carbocycles. The van der Waals surface area contributed by atoms with Crippen molar-refractivity contribution >= 4 is 5.91 Å². The number of hydrogen-bond donors (Lipinski definition) is 1. The molecule has 0 aliphatic rings. The van der Waals surface area contributed by atoms with E-state index in [0.29, 0.717) is 5.56 Å². The number of carbonyl (C=O) groups is 1. The number of pyridine rings is 1. The van der Waals surface area contributed by atoms with Crippen LogP contribution in [0.3, 0.4) is 0 Å². The van der Waals surface area contributed by atoms with Crippen LogP contribution in [0.5, 0.6) is 0 Å². The van der Waals surface area contributed by atoms with E-state index in [1.165, 1.54) is 11.1 Å². The number of benzene rings is 2. The predicted octanol–water partition coefficient (Wildman–Crippen LogP) is 4.03. The van der Waals surface area contributed by atoms with E-state index in [9.17, 15) is 4.79 Å². The zero-order valence-corrected chi connectivity index (χ0v) is 13.6. The summed E-state index contributed by atoms with van der Waals surface area (Å²) in [5.74, 6) is 0.0138. The summed E-state index contributed by atoms with van der Waals surface area (Å²) in [5.41, 5.74) is 2.99. The summed E-state index contributed by atoms with van der Waals surface area (Å²) in [4.78, 5) is 16.4. The lowest BCUT2D eigenvalue weighted by Crippen LogP contribution is -2.37. The molecule has 3 nitrogen and oxygen atoms in total. The second kappa shape index (κ2) is 7.55. The van der Waals surface area contributed by atoms with Crippen molar-refractivity contribution in [3.05, 3.63) is 102 Å². The molecular weight excluding hydrogens is 296 g/mol. The molecule has 1 unspecified atom stereocenters. The highest BCUT2D eigenvalue weighted by molar-refractivity contribution is 5.94. The number of rotatable bonds is 5. The van der Waals surface area contributed by atoms with Gasteiger partial charge in [0.2, 0.25) is 0 Å². The van der Waals surface area contributed by atoms with E-state index < -0.39 is 0 Å². The number of hydrogen-bond acceptors (Lipinski definition) is 2. The van der Waals surface area contributed by atoms with Gasteiger partial charge in [0.25, 0.3) is 5.91 Å². The summed E-state index contributed by atoms with van der Waals surface area (Å²) in [7, 11) is 0. The summed E-state index contributed by atoms with van der Waals surface area (Å²) in [6.07, 6.45) is 3.26. The largest absolute Gasteiger partial charge is 0.349 e. The Labute approximate surface area is 142 Å². The molecule has 0 aliphatic heterocycles. The Hall–Kier alpha value is -2.94. The van der Waals surface area contributed by atoms with Crippen LogP contribution in [-0.4, -0.2) is 16.9 Å². The maximum Gasteiger partial charge on any atom is 0.251 e. The lowest BCUT2D eigenvalue weighted by molar-refractivity contribution is 0.0937. The molecule has 0 saturated heterocycles. The molecule has 1 atom stereocenters. The Morgan fingerprint density at radius 2 is 1.33 bits per heavy atom. The first-order chi connectivity index (χ1) is 11.8. The average molecular weight is 316 g/mol. The first-order valence-electron chi connectivity index (χ1n) is 8.06. The van der Waals surface area contributed by atoms with Gasteiger partial charge < -0.3 is 5.32 Å². The molecular formula is C21H20N2O. The lowest BCUT2D eigenvalue weighted by Gasteiger charge is -2.26. The number of carbonyl (C=O) groups excluding carboxylic acids is 1. The third-order valence-electron chi connectivity index (χ3n) is 4.12. The SMILES string of the molecule is CC(NC(=O)c1ccncc1)C(c1ccccc1)c1ccccc1. The van der Waals surface area contributed by atoms with E-state index >= 15 is 0 Å². The summed E-state index contributed by atoms with van der Waals surface area (Å²) < 4.78 is 0. The van der Waals surface area contributed by atoms with Crippen molar-refractivity contribution in [1.29, 1.82) is 0 Å². The van der Waals surface area contributed by atoms with Gasteiger partial charge in [-0.25, -0.2) is 0 Å². The Morgan fingerprint density at radius 1 is 0.833 bits per heavy atom. The topological polar surface area (TPSA) is 42.0 Å².